The van der Waals surface area contributed by atoms with E-state index >= 15 is 0 Å². The highest BCUT2D eigenvalue weighted by Gasteiger charge is 2.45. The Labute approximate surface area is 208 Å². The minimum Gasteiger partial charge on any atom is -0.503 e. The summed E-state index contributed by atoms with van der Waals surface area (Å²) in [4.78, 5) is 32.0. The fourth-order valence-electron chi connectivity index (χ4n) is 3.83. The van der Waals surface area contributed by atoms with E-state index in [-0.39, 0.29) is 5.57 Å². The van der Waals surface area contributed by atoms with Crippen LogP contribution in [0.2, 0.25) is 0 Å². The molecular weight excluding hydrogens is 464 g/mol. The minimum atomic E-state index is -0.875. The molecule has 180 valence electrons. The third-order valence-corrected chi connectivity index (χ3v) is 6.36. The molecular formula is C27H26N2O5S. The van der Waals surface area contributed by atoms with Gasteiger partial charge in [-0.15, -0.1) is 11.3 Å². The SMILES string of the molecule is CCCCOc1ccc(C2C(C(=O)C=Cc3ccccc3)=C(O)C(=O)N2c2nccs2)cc1OC. The van der Waals surface area contributed by atoms with E-state index in [1.54, 1.807) is 35.9 Å². The number of nitrogens with zero attached hydrogens (tertiary/aromatic N) is 2. The van der Waals surface area contributed by atoms with Gasteiger partial charge in [0.05, 0.1) is 25.3 Å². The van der Waals surface area contributed by atoms with Gasteiger partial charge in [0, 0.05) is 11.6 Å². The Morgan fingerprint density at radius 2 is 2.00 bits per heavy atom. The molecule has 0 saturated heterocycles. The van der Waals surface area contributed by atoms with Gasteiger partial charge < -0.3 is 14.6 Å². The summed E-state index contributed by atoms with van der Waals surface area (Å²) in [6.07, 6.45) is 6.50. The Kier molecular flexibility index (Phi) is 7.62. The number of ether oxygens (including phenoxy) is 2. The van der Waals surface area contributed by atoms with Gasteiger partial charge in [-0.3, -0.25) is 14.5 Å². The third-order valence-electron chi connectivity index (χ3n) is 5.58. The second kappa shape index (κ2) is 11.0. The zero-order valence-corrected chi connectivity index (χ0v) is 20.3. The Morgan fingerprint density at radius 3 is 2.69 bits per heavy atom. The fraction of sp³-hybridized carbons (Fsp3) is 0.222. The van der Waals surface area contributed by atoms with E-state index in [1.165, 1.54) is 29.4 Å². The first-order valence-corrected chi connectivity index (χ1v) is 12.2. The molecule has 1 aliphatic heterocycles. The number of methoxy groups -OCH3 is 1. The molecule has 0 radical (unpaired) electrons. The van der Waals surface area contributed by atoms with Gasteiger partial charge in [-0.2, -0.15) is 0 Å². The zero-order chi connectivity index (χ0) is 24.8. The van der Waals surface area contributed by atoms with Crippen molar-refractivity contribution in [1.29, 1.82) is 0 Å². The highest BCUT2D eigenvalue weighted by molar-refractivity contribution is 7.13. The molecule has 1 aromatic heterocycles. The molecule has 0 aliphatic carbocycles. The highest BCUT2D eigenvalue weighted by atomic mass is 32.1. The lowest BCUT2D eigenvalue weighted by atomic mass is 9.95. The Balaban J connectivity index is 1.74. The molecule has 1 amide bonds. The Bertz CT molecular complexity index is 1250. The topological polar surface area (TPSA) is 89.0 Å². The van der Waals surface area contributed by atoms with Crippen molar-refractivity contribution in [3.8, 4) is 11.5 Å². The average molecular weight is 491 g/mol. The molecule has 1 N–H and O–H groups in total. The van der Waals surface area contributed by atoms with Crippen LogP contribution in [0.3, 0.4) is 0 Å². The van der Waals surface area contributed by atoms with Crippen molar-refractivity contribution in [2.75, 3.05) is 18.6 Å². The molecule has 1 atom stereocenters. The number of carbonyl (C=O) groups excluding carboxylic acids is 2. The minimum absolute atomic E-state index is 0.0147. The fourth-order valence-corrected chi connectivity index (χ4v) is 4.50. The zero-order valence-electron chi connectivity index (χ0n) is 19.5. The Hall–Kier alpha value is -3.91. The van der Waals surface area contributed by atoms with Crippen molar-refractivity contribution in [3.63, 3.8) is 0 Å². The second-order valence-electron chi connectivity index (χ2n) is 7.88. The number of benzene rings is 2. The summed E-state index contributed by atoms with van der Waals surface area (Å²) < 4.78 is 11.4. The van der Waals surface area contributed by atoms with Crippen molar-refractivity contribution in [2.45, 2.75) is 25.8 Å². The normalized spacial score (nSPS) is 15.8. The molecule has 7 nitrogen and oxygen atoms in total. The van der Waals surface area contributed by atoms with Gasteiger partial charge in [0.15, 0.2) is 28.2 Å². The molecule has 2 aromatic carbocycles. The van der Waals surface area contributed by atoms with E-state index in [0.717, 1.165) is 18.4 Å². The van der Waals surface area contributed by atoms with Gasteiger partial charge in [-0.05, 0) is 35.8 Å². The number of carbonyl (C=O) groups is 2. The molecule has 0 fully saturated rings. The van der Waals surface area contributed by atoms with Gasteiger partial charge in [0.2, 0.25) is 0 Å². The number of aliphatic hydroxyl groups excluding tert-OH is 1. The number of aliphatic hydroxyl groups is 1. The van der Waals surface area contributed by atoms with Crippen LogP contribution in [0.4, 0.5) is 5.13 Å². The molecule has 0 spiro atoms. The third kappa shape index (κ3) is 5.12. The molecule has 3 aromatic rings. The largest absolute Gasteiger partial charge is 0.503 e. The van der Waals surface area contributed by atoms with Crippen LogP contribution in [0.15, 0.2) is 77.5 Å². The molecule has 4 rings (SSSR count). The first-order valence-electron chi connectivity index (χ1n) is 11.3. The predicted molar refractivity (Wildman–Crippen MR) is 136 cm³/mol. The maximum Gasteiger partial charge on any atom is 0.296 e. The van der Waals surface area contributed by atoms with E-state index in [9.17, 15) is 14.7 Å². The van der Waals surface area contributed by atoms with Gasteiger partial charge >= 0.3 is 0 Å². The standard InChI is InChI=1S/C27H26N2O5S/c1-3-4-15-34-21-13-11-19(17-22(21)33-2)24-23(20(30)12-10-18-8-6-5-7-9-18)25(31)26(32)29(24)27-28-14-16-35-27/h5-14,16-17,24,31H,3-4,15H2,1-2H3. The number of unbranched alkanes of at least 4 members (excludes halogenated alkanes) is 1. The predicted octanol–water partition coefficient (Wildman–Crippen LogP) is 5.51. The van der Waals surface area contributed by atoms with Crippen molar-refractivity contribution >= 4 is 34.2 Å². The van der Waals surface area contributed by atoms with E-state index in [1.807, 2.05) is 30.3 Å². The van der Waals surface area contributed by atoms with Gasteiger partial charge in [0.25, 0.3) is 5.91 Å². The number of ketones is 1. The number of rotatable bonds is 10. The van der Waals surface area contributed by atoms with Gasteiger partial charge in [0.1, 0.15) is 0 Å². The molecule has 35 heavy (non-hydrogen) atoms. The van der Waals surface area contributed by atoms with Crippen LogP contribution in [-0.4, -0.2) is 35.5 Å². The summed E-state index contributed by atoms with van der Waals surface area (Å²) in [5.74, 6) is -0.687. The van der Waals surface area contributed by atoms with E-state index < -0.39 is 23.5 Å². The number of aromatic nitrogens is 1. The number of hydrogen-bond acceptors (Lipinski definition) is 7. The van der Waals surface area contributed by atoms with Crippen LogP contribution >= 0.6 is 11.3 Å². The molecule has 0 bridgehead atoms. The summed E-state index contributed by atoms with van der Waals surface area (Å²) in [5.41, 5.74) is 1.40. The van der Waals surface area contributed by atoms with Crippen LogP contribution < -0.4 is 14.4 Å². The van der Waals surface area contributed by atoms with E-state index in [0.29, 0.717) is 28.8 Å². The molecule has 2 heterocycles. The smallest absolute Gasteiger partial charge is 0.296 e. The second-order valence-corrected chi connectivity index (χ2v) is 8.75. The molecule has 1 unspecified atom stereocenters. The van der Waals surface area contributed by atoms with E-state index in [2.05, 4.69) is 11.9 Å². The maximum atomic E-state index is 13.3. The monoisotopic (exact) mass is 490 g/mol. The van der Waals surface area contributed by atoms with Crippen LogP contribution in [0, 0.1) is 0 Å². The number of amides is 1. The lowest BCUT2D eigenvalue weighted by Crippen LogP contribution is -2.30. The summed E-state index contributed by atoms with van der Waals surface area (Å²) in [5, 5.41) is 12.9. The number of hydrogen-bond donors (Lipinski definition) is 1. The average Bonchev–Trinajstić information content (AvgIpc) is 3.50. The number of allylic oxidation sites excluding steroid dienone is 1. The molecule has 8 heteroatoms. The maximum absolute atomic E-state index is 13.3. The van der Waals surface area contributed by atoms with E-state index in [4.69, 9.17) is 9.47 Å². The van der Waals surface area contributed by atoms with Crippen LogP contribution in [-0.2, 0) is 9.59 Å². The lowest BCUT2D eigenvalue weighted by molar-refractivity contribution is -0.117. The quantitative estimate of drug-likeness (QED) is 0.298. The highest BCUT2D eigenvalue weighted by Crippen LogP contribution is 2.43. The molecule has 1 aliphatic rings. The first-order chi connectivity index (χ1) is 17.0. The van der Waals surface area contributed by atoms with Crippen molar-refractivity contribution in [3.05, 3.63) is 88.6 Å². The van der Waals surface area contributed by atoms with Gasteiger partial charge in [-0.1, -0.05) is 55.8 Å². The number of thiazole rings is 1. The summed E-state index contributed by atoms with van der Waals surface area (Å²) in [7, 11) is 1.53. The van der Waals surface area contributed by atoms with Crippen LogP contribution in [0.1, 0.15) is 36.9 Å². The lowest BCUT2D eigenvalue weighted by Gasteiger charge is -2.25. The van der Waals surface area contributed by atoms with Crippen LogP contribution in [0.25, 0.3) is 6.08 Å². The van der Waals surface area contributed by atoms with Crippen molar-refractivity contribution in [2.24, 2.45) is 0 Å². The van der Waals surface area contributed by atoms with Crippen molar-refractivity contribution in [1.82, 2.24) is 4.98 Å². The number of anilines is 1. The van der Waals surface area contributed by atoms with Crippen LogP contribution in [0.5, 0.6) is 11.5 Å². The summed E-state index contributed by atoms with van der Waals surface area (Å²) in [6, 6.07) is 13.7. The first kappa shape index (κ1) is 24.2. The summed E-state index contributed by atoms with van der Waals surface area (Å²) >= 11 is 1.25. The van der Waals surface area contributed by atoms with Crippen molar-refractivity contribution < 1.29 is 24.2 Å². The van der Waals surface area contributed by atoms with Gasteiger partial charge in [-0.25, -0.2) is 4.98 Å². The molecule has 0 saturated carbocycles. The summed E-state index contributed by atoms with van der Waals surface area (Å²) in [6.45, 7) is 2.63. The Morgan fingerprint density at radius 1 is 1.20 bits per heavy atom.